The lowest BCUT2D eigenvalue weighted by Crippen LogP contribution is -2.55. The van der Waals surface area contributed by atoms with Crippen LogP contribution in [0, 0.1) is 0 Å². The highest BCUT2D eigenvalue weighted by molar-refractivity contribution is 4.75. The molecular weight excluding hydrogens is 155 g/mol. The molecule has 0 aromatic heterocycles. The van der Waals surface area contributed by atoms with Crippen LogP contribution in [-0.2, 0) is 0 Å². The van der Waals surface area contributed by atoms with Crippen molar-refractivity contribution < 1.29 is 17.7 Å². The van der Waals surface area contributed by atoms with Gasteiger partial charge in [-0.1, -0.05) is 0 Å². The third-order valence-corrected chi connectivity index (χ3v) is 2.67. The maximum absolute atomic E-state index is 13.0. The van der Waals surface area contributed by atoms with Crippen molar-refractivity contribution in [3.63, 3.8) is 0 Å². The number of hydrogen-bond donors (Lipinski definition) is 0. The van der Waals surface area contributed by atoms with Gasteiger partial charge in [0.2, 0.25) is 6.17 Å². The quantitative estimate of drug-likeness (QED) is 0.413. The second-order valence-electron chi connectivity index (χ2n) is 3.28. The van der Waals surface area contributed by atoms with Crippen LogP contribution in [0.3, 0.4) is 0 Å². The molecule has 0 aliphatic carbocycles. The molecule has 1 nitrogen and oxygen atoms in total. The molecule has 0 bridgehead atoms. The Bertz CT molecular complexity index is 157. The second-order valence-corrected chi connectivity index (χ2v) is 3.28. The van der Waals surface area contributed by atoms with Crippen molar-refractivity contribution in [2.75, 3.05) is 20.1 Å². The van der Waals surface area contributed by atoms with E-state index in [0.29, 0.717) is 0 Å². The smallest absolute Gasteiger partial charge is 0.263 e. The van der Waals surface area contributed by atoms with Crippen LogP contribution in [0.25, 0.3) is 0 Å². The predicted molar refractivity (Wildman–Crippen MR) is 36.1 cm³/mol. The molecule has 2 atom stereocenters. The zero-order valence-corrected chi connectivity index (χ0v) is 6.78. The maximum atomic E-state index is 13.0. The van der Waals surface area contributed by atoms with E-state index in [2.05, 4.69) is 0 Å². The van der Waals surface area contributed by atoms with Gasteiger partial charge in [0, 0.05) is 6.42 Å². The number of quaternary nitrogens is 1. The Balaban J connectivity index is 2.86. The molecule has 1 aliphatic heterocycles. The van der Waals surface area contributed by atoms with Crippen molar-refractivity contribution >= 4 is 0 Å². The van der Waals surface area contributed by atoms with Crippen molar-refractivity contribution in [2.45, 2.75) is 25.6 Å². The Morgan fingerprint density at radius 3 is 2.27 bits per heavy atom. The molecule has 0 amide bonds. The summed E-state index contributed by atoms with van der Waals surface area (Å²) in [6.45, 7) is 2.18. The van der Waals surface area contributed by atoms with Gasteiger partial charge in [0.05, 0.1) is 20.1 Å². The summed E-state index contributed by atoms with van der Waals surface area (Å²) in [6.07, 6.45) is -1.97. The largest absolute Gasteiger partial charge is 0.422 e. The lowest BCUT2D eigenvalue weighted by atomic mass is 10.3. The fraction of sp³-hybridized carbons (Fsp3) is 1.00. The van der Waals surface area contributed by atoms with Crippen molar-refractivity contribution in [3.05, 3.63) is 0 Å². The summed E-state index contributed by atoms with van der Waals surface area (Å²) >= 11 is 0. The zero-order chi connectivity index (χ0) is 8.70. The average molecular weight is 168 g/mol. The molecule has 0 aromatic carbocycles. The Morgan fingerprint density at radius 1 is 1.55 bits per heavy atom. The summed E-state index contributed by atoms with van der Waals surface area (Å²) in [5.41, 5.74) is 0. The van der Waals surface area contributed by atoms with Crippen LogP contribution in [-0.4, -0.2) is 36.8 Å². The van der Waals surface area contributed by atoms with E-state index in [9.17, 15) is 13.2 Å². The summed E-state index contributed by atoms with van der Waals surface area (Å²) in [6, 6.07) is -3.17. The van der Waals surface area contributed by atoms with Crippen LogP contribution in [0.1, 0.15) is 13.3 Å². The molecule has 4 heteroatoms. The van der Waals surface area contributed by atoms with Gasteiger partial charge in [-0.3, -0.25) is 4.48 Å². The first-order valence-electron chi connectivity index (χ1n) is 3.80. The van der Waals surface area contributed by atoms with E-state index in [1.807, 2.05) is 0 Å². The van der Waals surface area contributed by atoms with Crippen LogP contribution in [0.4, 0.5) is 13.2 Å². The molecule has 0 saturated carbocycles. The van der Waals surface area contributed by atoms with Gasteiger partial charge in [0.15, 0.2) is 0 Å². The average Bonchev–Trinajstić information content (AvgIpc) is 2.15. The van der Waals surface area contributed by atoms with Crippen molar-refractivity contribution in [2.24, 2.45) is 0 Å². The number of alkyl halides is 3. The van der Waals surface area contributed by atoms with E-state index in [1.165, 1.54) is 7.05 Å². The van der Waals surface area contributed by atoms with Crippen LogP contribution >= 0.6 is 0 Å². The van der Waals surface area contributed by atoms with Crippen LogP contribution in [0.2, 0.25) is 0 Å². The normalized spacial score (nSPS) is 42.8. The Labute approximate surface area is 64.4 Å². The van der Waals surface area contributed by atoms with Crippen LogP contribution in [0.5, 0.6) is 0 Å². The highest BCUT2D eigenvalue weighted by Gasteiger charge is 2.61. The fourth-order valence-corrected chi connectivity index (χ4v) is 1.43. The molecule has 2 unspecified atom stereocenters. The first kappa shape index (κ1) is 8.84. The van der Waals surface area contributed by atoms with Crippen molar-refractivity contribution in [3.8, 4) is 0 Å². The molecule has 1 fully saturated rings. The van der Waals surface area contributed by atoms with E-state index >= 15 is 0 Å². The molecule has 1 aliphatic rings. The van der Waals surface area contributed by atoms with E-state index in [-0.39, 0.29) is 19.5 Å². The van der Waals surface area contributed by atoms with Crippen molar-refractivity contribution in [1.29, 1.82) is 0 Å². The third kappa shape index (κ3) is 1.04. The molecule has 1 rings (SSSR count). The Morgan fingerprint density at radius 2 is 2.09 bits per heavy atom. The first-order valence-corrected chi connectivity index (χ1v) is 3.80. The molecule has 66 valence electrons. The molecule has 0 N–H and O–H groups in total. The van der Waals surface area contributed by atoms with E-state index in [4.69, 9.17) is 0 Å². The fourth-order valence-electron chi connectivity index (χ4n) is 1.43. The summed E-state index contributed by atoms with van der Waals surface area (Å²) in [5, 5.41) is 0. The molecular formula is C7H13F3N+. The van der Waals surface area contributed by atoms with Gasteiger partial charge in [-0.2, -0.15) is 0 Å². The molecule has 0 aromatic rings. The van der Waals surface area contributed by atoms with Gasteiger partial charge in [-0.25, -0.2) is 4.39 Å². The molecule has 1 saturated heterocycles. The molecule has 0 spiro atoms. The predicted octanol–water partition coefficient (Wildman–Crippen LogP) is 1.79. The second kappa shape index (κ2) is 2.37. The number of halogens is 3. The van der Waals surface area contributed by atoms with Gasteiger partial charge in [0.25, 0.3) is 0 Å². The van der Waals surface area contributed by atoms with Crippen LogP contribution in [0.15, 0.2) is 0 Å². The minimum Gasteiger partial charge on any atom is -0.263 e. The van der Waals surface area contributed by atoms with Crippen LogP contribution < -0.4 is 0 Å². The molecule has 0 radical (unpaired) electrons. The van der Waals surface area contributed by atoms with Gasteiger partial charge >= 0.3 is 6.05 Å². The van der Waals surface area contributed by atoms with Gasteiger partial charge < -0.3 is 0 Å². The minimum absolute atomic E-state index is 0.0165. The standard InChI is InChI=1S/C7H13F3N/c1-3-11(2)5-4-6(8)7(11,9)10/h6H,3-5H2,1-2H3/q+1. The van der Waals surface area contributed by atoms with E-state index in [0.717, 1.165) is 0 Å². The number of hydrogen-bond acceptors (Lipinski definition) is 0. The number of rotatable bonds is 1. The third-order valence-electron chi connectivity index (χ3n) is 2.67. The summed E-state index contributed by atoms with van der Waals surface area (Å²) < 4.78 is 38.1. The molecule has 11 heavy (non-hydrogen) atoms. The van der Waals surface area contributed by atoms with Gasteiger partial charge in [-0.05, 0) is 6.92 Å². The lowest BCUT2D eigenvalue weighted by molar-refractivity contribution is -0.980. The monoisotopic (exact) mass is 168 g/mol. The zero-order valence-electron chi connectivity index (χ0n) is 6.78. The maximum Gasteiger partial charge on any atom is 0.422 e. The Hall–Kier alpha value is -0.250. The minimum atomic E-state index is -3.17. The summed E-state index contributed by atoms with van der Waals surface area (Å²) in [7, 11) is 1.40. The molecule has 1 heterocycles. The van der Waals surface area contributed by atoms with E-state index in [1.54, 1.807) is 6.92 Å². The first-order chi connectivity index (χ1) is 4.94. The van der Waals surface area contributed by atoms with Crippen molar-refractivity contribution in [1.82, 2.24) is 0 Å². The highest BCUT2D eigenvalue weighted by Crippen LogP contribution is 2.39. The number of likely N-dealkylation sites (tertiary alicyclic amines) is 1. The number of nitrogens with zero attached hydrogens (tertiary/aromatic N) is 1. The van der Waals surface area contributed by atoms with Gasteiger partial charge in [0.1, 0.15) is 0 Å². The topological polar surface area (TPSA) is 0 Å². The lowest BCUT2D eigenvalue weighted by Gasteiger charge is -2.33. The SMILES string of the molecule is CC[N+]1(C)CCC(F)C1(F)F. The Kier molecular flexibility index (Phi) is 1.90. The van der Waals surface area contributed by atoms with Gasteiger partial charge in [-0.15, -0.1) is 8.78 Å². The highest BCUT2D eigenvalue weighted by atomic mass is 19.3. The summed E-state index contributed by atoms with van der Waals surface area (Å²) in [5.74, 6) is 0. The summed E-state index contributed by atoms with van der Waals surface area (Å²) in [4.78, 5) is 0. The van der Waals surface area contributed by atoms with E-state index < -0.39 is 16.7 Å².